The highest BCUT2D eigenvalue weighted by atomic mass is 16.4. The predicted octanol–water partition coefficient (Wildman–Crippen LogP) is 4.04. The molecule has 1 aliphatic rings. The van der Waals surface area contributed by atoms with E-state index in [1.807, 2.05) is 0 Å². The van der Waals surface area contributed by atoms with Crippen molar-refractivity contribution in [2.24, 2.45) is 0 Å². The fraction of sp³-hybridized carbons (Fsp3) is 0.318. The van der Waals surface area contributed by atoms with Crippen molar-refractivity contribution in [3.63, 3.8) is 0 Å². The Bertz CT molecular complexity index is 888. The van der Waals surface area contributed by atoms with Crippen molar-refractivity contribution >= 4 is 23.5 Å². The standard InChI is InChI=1S/C22H24N2O4/c1-24(15-9-3-2-4-10-15)21(26)18-13-7-8-14-19(18)23-20(25)16-11-5-6-12-17(16)22(27)28/h5-8,11-15H,2-4,9-10H2,1H3,(H,23,25)(H,27,28). The van der Waals surface area contributed by atoms with Gasteiger partial charge in [0.15, 0.2) is 0 Å². The van der Waals surface area contributed by atoms with Crippen molar-refractivity contribution < 1.29 is 19.5 Å². The van der Waals surface area contributed by atoms with Crippen LogP contribution in [-0.4, -0.2) is 40.9 Å². The number of para-hydroxylation sites is 1. The Kier molecular flexibility index (Phi) is 6.09. The molecule has 0 heterocycles. The molecule has 0 saturated heterocycles. The molecule has 0 unspecified atom stereocenters. The monoisotopic (exact) mass is 380 g/mol. The number of nitrogens with one attached hydrogen (secondary N) is 1. The van der Waals surface area contributed by atoms with Gasteiger partial charge in [-0.05, 0) is 37.1 Å². The summed E-state index contributed by atoms with van der Waals surface area (Å²) in [7, 11) is 1.80. The molecule has 146 valence electrons. The van der Waals surface area contributed by atoms with Crippen LogP contribution in [0.5, 0.6) is 0 Å². The van der Waals surface area contributed by atoms with Gasteiger partial charge in [0.1, 0.15) is 0 Å². The van der Waals surface area contributed by atoms with Crippen LogP contribution in [0.25, 0.3) is 0 Å². The fourth-order valence-corrected chi connectivity index (χ4v) is 3.66. The first kappa shape index (κ1) is 19.6. The van der Waals surface area contributed by atoms with Gasteiger partial charge in [-0.25, -0.2) is 4.79 Å². The van der Waals surface area contributed by atoms with Gasteiger partial charge in [-0.1, -0.05) is 43.5 Å². The van der Waals surface area contributed by atoms with Crippen LogP contribution in [0.1, 0.15) is 63.2 Å². The van der Waals surface area contributed by atoms with E-state index in [4.69, 9.17) is 0 Å². The number of rotatable bonds is 5. The number of benzene rings is 2. The Labute approximate surface area is 164 Å². The number of carbonyl (C=O) groups excluding carboxylic acids is 2. The third-order valence-electron chi connectivity index (χ3n) is 5.25. The van der Waals surface area contributed by atoms with Crippen molar-refractivity contribution in [3.8, 4) is 0 Å². The average Bonchev–Trinajstić information content (AvgIpc) is 2.73. The largest absolute Gasteiger partial charge is 0.478 e. The van der Waals surface area contributed by atoms with Crippen LogP contribution in [0, 0.1) is 0 Å². The molecule has 3 rings (SSSR count). The van der Waals surface area contributed by atoms with Crippen LogP contribution in [0.4, 0.5) is 5.69 Å². The van der Waals surface area contributed by atoms with E-state index in [2.05, 4.69) is 5.32 Å². The second-order valence-electron chi connectivity index (χ2n) is 7.06. The van der Waals surface area contributed by atoms with Crippen LogP contribution in [0.3, 0.4) is 0 Å². The molecule has 0 aliphatic heterocycles. The molecule has 0 atom stereocenters. The topological polar surface area (TPSA) is 86.7 Å². The van der Waals surface area contributed by atoms with E-state index in [-0.39, 0.29) is 23.1 Å². The molecule has 1 aliphatic carbocycles. The van der Waals surface area contributed by atoms with Crippen LogP contribution < -0.4 is 5.32 Å². The molecule has 2 N–H and O–H groups in total. The van der Waals surface area contributed by atoms with E-state index in [0.717, 1.165) is 25.7 Å². The van der Waals surface area contributed by atoms with E-state index in [1.54, 1.807) is 48.3 Å². The summed E-state index contributed by atoms with van der Waals surface area (Å²) >= 11 is 0. The molecular formula is C22H24N2O4. The molecule has 1 fully saturated rings. The second kappa shape index (κ2) is 8.69. The molecule has 2 aromatic rings. The molecule has 0 aromatic heterocycles. The summed E-state index contributed by atoms with van der Waals surface area (Å²) in [5.41, 5.74) is 0.748. The van der Waals surface area contributed by atoms with Gasteiger partial charge in [0.05, 0.1) is 22.4 Å². The number of hydrogen-bond donors (Lipinski definition) is 2. The fourth-order valence-electron chi connectivity index (χ4n) is 3.66. The van der Waals surface area contributed by atoms with E-state index in [9.17, 15) is 19.5 Å². The molecule has 0 bridgehead atoms. The summed E-state index contributed by atoms with van der Waals surface area (Å²) in [6, 6.07) is 13.0. The lowest BCUT2D eigenvalue weighted by molar-refractivity contribution is 0.0685. The van der Waals surface area contributed by atoms with E-state index >= 15 is 0 Å². The smallest absolute Gasteiger partial charge is 0.336 e. The lowest BCUT2D eigenvalue weighted by Gasteiger charge is -2.31. The van der Waals surface area contributed by atoms with Gasteiger partial charge in [-0.2, -0.15) is 0 Å². The zero-order valence-electron chi connectivity index (χ0n) is 15.9. The maximum Gasteiger partial charge on any atom is 0.336 e. The van der Waals surface area contributed by atoms with E-state index < -0.39 is 11.9 Å². The highest BCUT2D eigenvalue weighted by Crippen LogP contribution is 2.25. The summed E-state index contributed by atoms with van der Waals surface area (Å²) in [4.78, 5) is 38.9. The van der Waals surface area contributed by atoms with Crippen LogP contribution >= 0.6 is 0 Å². The van der Waals surface area contributed by atoms with Crippen LogP contribution in [0.2, 0.25) is 0 Å². The Morgan fingerprint density at radius 2 is 1.46 bits per heavy atom. The van der Waals surface area contributed by atoms with Crippen molar-refractivity contribution in [3.05, 3.63) is 65.2 Å². The number of amides is 2. The van der Waals surface area contributed by atoms with Gasteiger partial charge in [-0.15, -0.1) is 0 Å². The van der Waals surface area contributed by atoms with Gasteiger partial charge in [0.2, 0.25) is 0 Å². The average molecular weight is 380 g/mol. The number of hydrogen-bond acceptors (Lipinski definition) is 3. The molecule has 6 nitrogen and oxygen atoms in total. The molecule has 1 saturated carbocycles. The first-order valence-corrected chi connectivity index (χ1v) is 9.49. The summed E-state index contributed by atoms with van der Waals surface area (Å²) in [6.07, 6.45) is 5.42. The minimum absolute atomic E-state index is 0.0536. The SMILES string of the molecule is CN(C(=O)c1ccccc1NC(=O)c1ccccc1C(=O)O)C1CCCCC1. The van der Waals surface area contributed by atoms with Gasteiger partial charge in [-0.3, -0.25) is 9.59 Å². The Hall–Kier alpha value is -3.15. The first-order valence-electron chi connectivity index (χ1n) is 9.49. The zero-order valence-corrected chi connectivity index (χ0v) is 15.9. The Morgan fingerprint density at radius 1 is 0.893 bits per heavy atom. The highest BCUT2D eigenvalue weighted by molar-refractivity contribution is 6.13. The number of nitrogens with zero attached hydrogens (tertiary/aromatic N) is 1. The van der Waals surface area contributed by atoms with Crippen LogP contribution in [0.15, 0.2) is 48.5 Å². The van der Waals surface area contributed by atoms with Gasteiger partial charge < -0.3 is 15.3 Å². The molecule has 28 heavy (non-hydrogen) atoms. The summed E-state index contributed by atoms with van der Waals surface area (Å²) in [5.74, 6) is -1.87. The van der Waals surface area contributed by atoms with E-state index in [1.165, 1.54) is 18.6 Å². The molecule has 2 aromatic carbocycles. The third kappa shape index (κ3) is 4.22. The first-order chi connectivity index (χ1) is 13.5. The lowest BCUT2D eigenvalue weighted by Crippen LogP contribution is -2.38. The van der Waals surface area contributed by atoms with Crippen LogP contribution in [-0.2, 0) is 0 Å². The van der Waals surface area contributed by atoms with Gasteiger partial charge >= 0.3 is 5.97 Å². The quantitative estimate of drug-likeness (QED) is 0.819. The number of anilines is 1. The molecule has 2 amide bonds. The maximum absolute atomic E-state index is 13.0. The number of carboxylic acid groups (broad SMARTS) is 1. The van der Waals surface area contributed by atoms with Crippen molar-refractivity contribution in [1.82, 2.24) is 4.90 Å². The molecule has 0 spiro atoms. The normalized spacial score (nSPS) is 14.3. The van der Waals surface area contributed by atoms with Crippen molar-refractivity contribution in [1.29, 1.82) is 0 Å². The van der Waals surface area contributed by atoms with Crippen molar-refractivity contribution in [2.45, 2.75) is 38.1 Å². The van der Waals surface area contributed by atoms with Crippen molar-refractivity contribution in [2.75, 3.05) is 12.4 Å². The minimum atomic E-state index is -1.17. The Morgan fingerprint density at radius 3 is 2.11 bits per heavy atom. The van der Waals surface area contributed by atoms with E-state index in [0.29, 0.717) is 11.3 Å². The maximum atomic E-state index is 13.0. The van der Waals surface area contributed by atoms with Gasteiger partial charge in [0, 0.05) is 13.1 Å². The summed E-state index contributed by atoms with van der Waals surface area (Å²) < 4.78 is 0. The lowest BCUT2D eigenvalue weighted by atomic mass is 9.94. The predicted molar refractivity (Wildman–Crippen MR) is 107 cm³/mol. The Balaban J connectivity index is 1.83. The number of carboxylic acids is 1. The van der Waals surface area contributed by atoms with Gasteiger partial charge in [0.25, 0.3) is 11.8 Å². The summed E-state index contributed by atoms with van der Waals surface area (Å²) in [5, 5.41) is 12.0. The zero-order chi connectivity index (χ0) is 20.1. The number of aromatic carboxylic acids is 1. The molecular weight excluding hydrogens is 356 g/mol. The number of carbonyl (C=O) groups is 3. The summed E-state index contributed by atoms with van der Waals surface area (Å²) in [6.45, 7) is 0. The highest BCUT2D eigenvalue weighted by Gasteiger charge is 2.25. The second-order valence-corrected chi connectivity index (χ2v) is 7.06. The third-order valence-corrected chi connectivity index (χ3v) is 5.25. The molecule has 0 radical (unpaired) electrons. The minimum Gasteiger partial charge on any atom is -0.478 e. The molecule has 6 heteroatoms.